The minimum absolute atomic E-state index is 0.00681. The van der Waals surface area contributed by atoms with Crippen molar-refractivity contribution in [2.75, 3.05) is 38.7 Å². The number of benzene rings is 1. The fourth-order valence-electron chi connectivity index (χ4n) is 2.78. The third-order valence-electron chi connectivity index (χ3n) is 4.11. The zero-order chi connectivity index (χ0) is 17.9. The first-order chi connectivity index (χ1) is 11.2. The summed E-state index contributed by atoms with van der Waals surface area (Å²) in [6.07, 6.45) is 0.373. The Balaban J connectivity index is 2.16. The smallest absolute Gasteiger partial charge is 0.227 e. The Morgan fingerprint density at radius 1 is 1.33 bits per heavy atom. The summed E-state index contributed by atoms with van der Waals surface area (Å²) in [5.74, 6) is -0.573. The number of likely N-dealkylation sites (N-methyl/N-ethyl adjacent to an activating group) is 1. The van der Waals surface area contributed by atoms with Gasteiger partial charge in [-0.25, -0.2) is 12.8 Å². The Morgan fingerprint density at radius 2 is 2.04 bits per heavy atom. The molecule has 0 bridgehead atoms. The Hall–Kier alpha value is -0.990. The van der Waals surface area contributed by atoms with Gasteiger partial charge in [0, 0.05) is 23.6 Å². The van der Waals surface area contributed by atoms with Crippen LogP contribution in [0.1, 0.15) is 12.0 Å². The SMILES string of the molecule is CN(C)CCN(C(=O)Cc1cc(Br)ccc1F)C1CCS(=O)(=O)C1. The van der Waals surface area contributed by atoms with Gasteiger partial charge in [-0.1, -0.05) is 15.9 Å². The second kappa shape index (κ2) is 7.93. The van der Waals surface area contributed by atoms with Crippen molar-refractivity contribution >= 4 is 31.7 Å². The number of amides is 1. The highest BCUT2D eigenvalue weighted by atomic mass is 79.9. The van der Waals surface area contributed by atoms with Crippen LogP contribution in [0.15, 0.2) is 22.7 Å². The zero-order valence-electron chi connectivity index (χ0n) is 13.8. The normalized spacial score (nSPS) is 19.6. The molecule has 2 rings (SSSR count). The van der Waals surface area contributed by atoms with Crippen molar-refractivity contribution in [3.8, 4) is 0 Å². The molecule has 5 nitrogen and oxygen atoms in total. The average molecular weight is 421 g/mol. The number of carbonyl (C=O) groups excluding carboxylic acids is 1. The van der Waals surface area contributed by atoms with E-state index in [0.29, 0.717) is 29.5 Å². The van der Waals surface area contributed by atoms with E-state index in [1.807, 2.05) is 19.0 Å². The molecule has 1 aliphatic rings. The van der Waals surface area contributed by atoms with Gasteiger partial charge in [0.1, 0.15) is 5.82 Å². The van der Waals surface area contributed by atoms with Gasteiger partial charge in [0.25, 0.3) is 0 Å². The van der Waals surface area contributed by atoms with E-state index >= 15 is 0 Å². The highest BCUT2D eigenvalue weighted by molar-refractivity contribution is 9.10. The molecule has 1 saturated heterocycles. The Labute approximate surface area is 150 Å². The quantitative estimate of drug-likeness (QED) is 0.702. The number of hydrogen-bond donors (Lipinski definition) is 0. The van der Waals surface area contributed by atoms with E-state index in [-0.39, 0.29) is 29.9 Å². The van der Waals surface area contributed by atoms with E-state index in [2.05, 4.69) is 15.9 Å². The molecule has 1 aromatic carbocycles. The summed E-state index contributed by atoms with van der Waals surface area (Å²) in [5.41, 5.74) is 0.310. The topological polar surface area (TPSA) is 57.7 Å². The number of nitrogens with zero attached hydrogens (tertiary/aromatic N) is 2. The molecule has 1 aliphatic heterocycles. The molecule has 134 valence electrons. The Bertz CT molecular complexity index is 709. The predicted molar refractivity (Wildman–Crippen MR) is 95.1 cm³/mol. The lowest BCUT2D eigenvalue weighted by Crippen LogP contribution is -2.45. The second-order valence-electron chi connectivity index (χ2n) is 6.36. The van der Waals surface area contributed by atoms with Crippen molar-refractivity contribution in [2.45, 2.75) is 18.9 Å². The van der Waals surface area contributed by atoms with Gasteiger partial charge in [-0.3, -0.25) is 4.79 Å². The lowest BCUT2D eigenvalue weighted by molar-refractivity contribution is -0.132. The van der Waals surface area contributed by atoms with Gasteiger partial charge in [0.15, 0.2) is 9.84 Å². The van der Waals surface area contributed by atoms with Gasteiger partial charge in [0.05, 0.1) is 17.9 Å². The van der Waals surface area contributed by atoms with Crippen LogP contribution < -0.4 is 0 Å². The summed E-state index contributed by atoms with van der Waals surface area (Å²) in [6, 6.07) is 4.16. The molecule has 1 atom stereocenters. The van der Waals surface area contributed by atoms with Crippen molar-refractivity contribution in [3.05, 3.63) is 34.1 Å². The largest absolute Gasteiger partial charge is 0.337 e. The molecule has 1 heterocycles. The minimum atomic E-state index is -3.09. The van der Waals surface area contributed by atoms with Crippen LogP contribution in [0, 0.1) is 5.82 Å². The average Bonchev–Trinajstić information content (AvgIpc) is 2.83. The van der Waals surface area contributed by atoms with Crippen LogP contribution in [0.3, 0.4) is 0 Å². The van der Waals surface area contributed by atoms with Gasteiger partial charge in [-0.05, 0) is 44.3 Å². The lowest BCUT2D eigenvalue weighted by atomic mass is 10.1. The van der Waals surface area contributed by atoms with E-state index in [1.54, 1.807) is 17.0 Å². The number of hydrogen-bond acceptors (Lipinski definition) is 4. The second-order valence-corrected chi connectivity index (χ2v) is 9.50. The van der Waals surface area contributed by atoms with E-state index < -0.39 is 15.7 Å². The Morgan fingerprint density at radius 3 is 2.62 bits per heavy atom. The van der Waals surface area contributed by atoms with Crippen molar-refractivity contribution in [1.29, 1.82) is 0 Å². The molecular formula is C16H22BrFN2O3S. The Kier molecular flexibility index (Phi) is 6.39. The molecule has 1 unspecified atom stereocenters. The van der Waals surface area contributed by atoms with E-state index in [1.165, 1.54) is 6.07 Å². The van der Waals surface area contributed by atoms with Crippen LogP contribution in [-0.2, 0) is 21.1 Å². The van der Waals surface area contributed by atoms with Gasteiger partial charge >= 0.3 is 0 Å². The minimum Gasteiger partial charge on any atom is -0.337 e. The van der Waals surface area contributed by atoms with Crippen LogP contribution >= 0.6 is 15.9 Å². The first-order valence-corrected chi connectivity index (χ1v) is 10.4. The standard InChI is InChI=1S/C16H22BrFN2O3S/c1-19(2)6-7-20(14-5-8-24(22,23)11-14)16(21)10-12-9-13(17)3-4-15(12)18/h3-4,9,14H,5-8,10-11H2,1-2H3. The molecule has 8 heteroatoms. The molecule has 0 radical (unpaired) electrons. The summed E-state index contributed by atoms with van der Waals surface area (Å²) >= 11 is 3.28. The molecule has 24 heavy (non-hydrogen) atoms. The highest BCUT2D eigenvalue weighted by Crippen LogP contribution is 2.21. The van der Waals surface area contributed by atoms with Crippen LogP contribution in [0.5, 0.6) is 0 Å². The third-order valence-corrected chi connectivity index (χ3v) is 6.35. The summed E-state index contributed by atoms with van der Waals surface area (Å²) in [4.78, 5) is 16.3. The summed E-state index contributed by atoms with van der Waals surface area (Å²) in [7, 11) is 0.692. The van der Waals surface area contributed by atoms with Crippen LogP contribution in [-0.4, -0.2) is 68.9 Å². The van der Waals surface area contributed by atoms with E-state index in [4.69, 9.17) is 0 Å². The number of carbonyl (C=O) groups is 1. The van der Waals surface area contributed by atoms with Gasteiger partial charge in [0.2, 0.25) is 5.91 Å². The maximum atomic E-state index is 13.9. The van der Waals surface area contributed by atoms with E-state index in [9.17, 15) is 17.6 Å². The number of halogens is 2. The van der Waals surface area contributed by atoms with Crippen molar-refractivity contribution < 1.29 is 17.6 Å². The maximum absolute atomic E-state index is 13.9. The molecule has 0 N–H and O–H groups in total. The number of sulfone groups is 1. The fourth-order valence-corrected chi connectivity index (χ4v) is 4.92. The van der Waals surface area contributed by atoms with Crippen LogP contribution in [0.25, 0.3) is 0 Å². The molecule has 1 fully saturated rings. The summed E-state index contributed by atoms with van der Waals surface area (Å²) < 4.78 is 38.1. The molecule has 1 amide bonds. The van der Waals surface area contributed by atoms with Crippen molar-refractivity contribution in [1.82, 2.24) is 9.80 Å². The predicted octanol–water partition coefficient (Wildman–Crippen LogP) is 1.71. The van der Waals surface area contributed by atoms with Crippen LogP contribution in [0.4, 0.5) is 4.39 Å². The molecule has 0 aliphatic carbocycles. The first-order valence-electron chi connectivity index (χ1n) is 7.76. The summed E-state index contributed by atoms with van der Waals surface area (Å²) in [5, 5.41) is 0. The molecule has 0 aromatic heterocycles. The number of rotatable bonds is 6. The molecule has 0 spiro atoms. The summed E-state index contributed by atoms with van der Waals surface area (Å²) in [6.45, 7) is 1.06. The molecular weight excluding hydrogens is 399 g/mol. The van der Waals surface area contributed by atoms with E-state index in [0.717, 1.165) is 0 Å². The fraction of sp³-hybridized carbons (Fsp3) is 0.562. The van der Waals surface area contributed by atoms with Crippen LogP contribution in [0.2, 0.25) is 0 Å². The lowest BCUT2D eigenvalue weighted by Gasteiger charge is -2.29. The maximum Gasteiger partial charge on any atom is 0.227 e. The first kappa shape index (κ1) is 19.3. The van der Waals surface area contributed by atoms with Gasteiger partial charge in [-0.15, -0.1) is 0 Å². The molecule has 1 aromatic rings. The third kappa shape index (κ3) is 5.26. The monoisotopic (exact) mass is 420 g/mol. The zero-order valence-corrected chi connectivity index (χ0v) is 16.2. The molecule has 0 saturated carbocycles. The van der Waals surface area contributed by atoms with Crippen molar-refractivity contribution in [2.24, 2.45) is 0 Å². The van der Waals surface area contributed by atoms with Gasteiger partial charge < -0.3 is 9.80 Å². The van der Waals surface area contributed by atoms with Gasteiger partial charge in [-0.2, -0.15) is 0 Å². The van der Waals surface area contributed by atoms with Crippen molar-refractivity contribution in [3.63, 3.8) is 0 Å². The highest BCUT2D eigenvalue weighted by Gasteiger charge is 2.34.